The van der Waals surface area contributed by atoms with Crippen LogP contribution in [0.1, 0.15) is 53.9 Å². The van der Waals surface area contributed by atoms with Gasteiger partial charge < -0.3 is 10.5 Å². The highest BCUT2D eigenvalue weighted by Crippen LogP contribution is 2.51. The van der Waals surface area contributed by atoms with Crippen molar-refractivity contribution in [1.29, 1.82) is 0 Å². The van der Waals surface area contributed by atoms with E-state index in [0.717, 1.165) is 26.3 Å². The molecule has 1 saturated carbocycles. The monoisotopic (exact) mass is 270 g/mol. The summed E-state index contributed by atoms with van der Waals surface area (Å²) in [7, 11) is 2.21. The first-order chi connectivity index (χ1) is 8.66. The van der Waals surface area contributed by atoms with Gasteiger partial charge in [-0.05, 0) is 44.1 Å². The van der Waals surface area contributed by atoms with Crippen LogP contribution in [0.3, 0.4) is 0 Å². The van der Waals surface area contributed by atoms with Crippen molar-refractivity contribution in [3.05, 3.63) is 0 Å². The lowest BCUT2D eigenvalue weighted by Crippen LogP contribution is -2.60. The van der Waals surface area contributed by atoms with Gasteiger partial charge in [0.25, 0.3) is 0 Å². The van der Waals surface area contributed by atoms with Crippen LogP contribution in [0.5, 0.6) is 0 Å². The van der Waals surface area contributed by atoms with E-state index in [2.05, 4.69) is 39.6 Å². The van der Waals surface area contributed by atoms with Crippen LogP contribution in [-0.2, 0) is 4.74 Å². The van der Waals surface area contributed by atoms with E-state index in [1.807, 2.05) is 6.92 Å². The number of hydrogen-bond donors (Lipinski definition) is 1. The first kappa shape index (κ1) is 16.9. The standard InChI is InChI=1S/C16H34N2O/c1-7-19-9-8-18(6)16(13-17)11-14(2,3)10-15(4,5)12-16/h7-13,17H2,1-6H3. The second-order valence-corrected chi connectivity index (χ2v) is 7.91. The third-order valence-corrected chi connectivity index (χ3v) is 4.54. The molecule has 0 bridgehead atoms. The molecule has 0 unspecified atom stereocenters. The van der Waals surface area contributed by atoms with Crippen molar-refractivity contribution in [1.82, 2.24) is 4.90 Å². The lowest BCUT2D eigenvalue weighted by atomic mass is 9.58. The molecule has 0 atom stereocenters. The number of hydrogen-bond acceptors (Lipinski definition) is 3. The van der Waals surface area contributed by atoms with Crippen molar-refractivity contribution in [2.75, 3.05) is 33.4 Å². The van der Waals surface area contributed by atoms with E-state index in [-0.39, 0.29) is 5.54 Å². The molecule has 1 aliphatic rings. The van der Waals surface area contributed by atoms with Gasteiger partial charge in [0.2, 0.25) is 0 Å². The average Bonchev–Trinajstić information content (AvgIpc) is 2.24. The quantitative estimate of drug-likeness (QED) is 0.754. The lowest BCUT2D eigenvalue weighted by Gasteiger charge is -2.55. The van der Waals surface area contributed by atoms with Gasteiger partial charge in [0.05, 0.1) is 6.61 Å². The van der Waals surface area contributed by atoms with Gasteiger partial charge >= 0.3 is 0 Å². The normalized spacial score (nSPS) is 24.6. The minimum absolute atomic E-state index is 0.127. The fraction of sp³-hybridized carbons (Fsp3) is 1.00. The number of rotatable bonds is 6. The van der Waals surface area contributed by atoms with Gasteiger partial charge in [-0.1, -0.05) is 27.7 Å². The van der Waals surface area contributed by atoms with Crippen LogP contribution in [-0.4, -0.2) is 43.8 Å². The molecule has 0 aromatic heterocycles. The Morgan fingerprint density at radius 2 is 1.58 bits per heavy atom. The molecule has 114 valence electrons. The smallest absolute Gasteiger partial charge is 0.0593 e. The van der Waals surface area contributed by atoms with E-state index in [9.17, 15) is 0 Å². The van der Waals surface area contributed by atoms with E-state index in [4.69, 9.17) is 10.5 Å². The van der Waals surface area contributed by atoms with Crippen molar-refractivity contribution in [3.8, 4) is 0 Å². The molecule has 0 amide bonds. The maximum Gasteiger partial charge on any atom is 0.0593 e. The zero-order chi connectivity index (χ0) is 14.7. The summed E-state index contributed by atoms with van der Waals surface area (Å²) in [4.78, 5) is 2.45. The summed E-state index contributed by atoms with van der Waals surface area (Å²) in [5.41, 5.74) is 7.05. The number of likely N-dealkylation sites (N-methyl/N-ethyl adjacent to an activating group) is 1. The van der Waals surface area contributed by atoms with Crippen LogP contribution in [0, 0.1) is 10.8 Å². The second-order valence-electron chi connectivity index (χ2n) is 7.91. The molecule has 0 saturated heterocycles. The Morgan fingerprint density at radius 1 is 1.05 bits per heavy atom. The van der Waals surface area contributed by atoms with Crippen LogP contribution in [0.4, 0.5) is 0 Å². The first-order valence-electron chi connectivity index (χ1n) is 7.65. The minimum atomic E-state index is 0.127. The van der Waals surface area contributed by atoms with Gasteiger partial charge in [-0.15, -0.1) is 0 Å². The Labute approximate surface area is 119 Å². The largest absolute Gasteiger partial charge is 0.380 e. The minimum Gasteiger partial charge on any atom is -0.380 e. The van der Waals surface area contributed by atoms with Crippen molar-refractivity contribution in [2.45, 2.75) is 59.4 Å². The molecule has 19 heavy (non-hydrogen) atoms. The van der Waals surface area contributed by atoms with Crippen LogP contribution in [0.2, 0.25) is 0 Å². The fourth-order valence-corrected chi connectivity index (χ4v) is 4.42. The maximum atomic E-state index is 6.20. The molecule has 0 radical (unpaired) electrons. The number of ether oxygens (including phenoxy) is 1. The third-order valence-electron chi connectivity index (χ3n) is 4.54. The van der Waals surface area contributed by atoms with Gasteiger partial charge in [0.15, 0.2) is 0 Å². The van der Waals surface area contributed by atoms with Crippen LogP contribution < -0.4 is 5.73 Å². The van der Waals surface area contributed by atoms with E-state index in [1.165, 1.54) is 19.3 Å². The van der Waals surface area contributed by atoms with Gasteiger partial charge in [0, 0.05) is 25.2 Å². The molecular weight excluding hydrogens is 236 g/mol. The summed E-state index contributed by atoms with van der Waals surface area (Å²) in [6.07, 6.45) is 3.64. The molecule has 0 heterocycles. The molecule has 3 nitrogen and oxygen atoms in total. The molecule has 2 N–H and O–H groups in total. The van der Waals surface area contributed by atoms with Gasteiger partial charge in [0.1, 0.15) is 0 Å². The molecule has 0 aliphatic heterocycles. The topological polar surface area (TPSA) is 38.5 Å². The van der Waals surface area contributed by atoms with E-state index in [0.29, 0.717) is 10.8 Å². The SMILES string of the molecule is CCOCCN(C)C1(CN)CC(C)(C)CC(C)(C)C1. The molecule has 0 aromatic carbocycles. The molecule has 1 rings (SSSR count). The Bertz CT molecular complexity index is 270. The Morgan fingerprint density at radius 3 is 2.00 bits per heavy atom. The first-order valence-corrected chi connectivity index (χ1v) is 7.65. The number of nitrogens with two attached hydrogens (primary N) is 1. The molecule has 0 aromatic rings. The van der Waals surface area contributed by atoms with Crippen molar-refractivity contribution >= 4 is 0 Å². The van der Waals surface area contributed by atoms with Crippen LogP contribution in [0.15, 0.2) is 0 Å². The van der Waals surface area contributed by atoms with Gasteiger partial charge in [-0.25, -0.2) is 0 Å². The summed E-state index contributed by atoms with van der Waals surface area (Å²) in [5, 5.41) is 0. The van der Waals surface area contributed by atoms with E-state index < -0.39 is 0 Å². The molecule has 1 aliphatic carbocycles. The molecule has 3 heteroatoms. The van der Waals surface area contributed by atoms with Crippen LogP contribution in [0.25, 0.3) is 0 Å². The van der Waals surface area contributed by atoms with Crippen molar-refractivity contribution in [2.24, 2.45) is 16.6 Å². The van der Waals surface area contributed by atoms with Crippen molar-refractivity contribution in [3.63, 3.8) is 0 Å². The highest BCUT2D eigenvalue weighted by Gasteiger charge is 2.48. The van der Waals surface area contributed by atoms with Gasteiger partial charge in [-0.2, -0.15) is 0 Å². The molecule has 1 fully saturated rings. The summed E-state index contributed by atoms with van der Waals surface area (Å²) in [5.74, 6) is 0. The van der Waals surface area contributed by atoms with Crippen molar-refractivity contribution < 1.29 is 4.74 Å². The Balaban J connectivity index is 2.82. The Kier molecular flexibility index (Phi) is 5.44. The predicted molar refractivity (Wildman–Crippen MR) is 82.3 cm³/mol. The molecule has 0 spiro atoms. The lowest BCUT2D eigenvalue weighted by molar-refractivity contribution is -0.0407. The fourth-order valence-electron chi connectivity index (χ4n) is 4.42. The summed E-state index contributed by atoms with van der Waals surface area (Å²) >= 11 is 0. The predicted octanol–water partition coefficient (Wildman–Crippen LogP) is 2.89. The third kappa shape index (κ3) is 4.44. The highest BCUT2D eigenvalue weighted by molar-refractivity contribution is 5.03. The zero-order valence-corrected chi connectivity index (χ0v) is 13.9. The second kappa shape index (κ2) is 6.11. The van der Waals surface area contributed by atoms with E-state index in [1.54, 1.807) is 0 Å². The number of nitrogens with zero attached hydrogens (tertiary/aromatic N) is 1. The highest BCUT2D eigenvalue weighted by atomic mass is 16.5. The summed E-state index contributed by atoms with van der Waals surface area (Å²) < 4.78 is 5.51. The zero-order valence-electron chi connectivity index (χ0n) is 13.9. The molecular formula is C16H34N2O. The van der Waals surface area contributed by atoms with Crippen LogP contribution >= 0.6 is 0 Å². The summed E-state index contributed by atoms with van der Waals surface area (Å²) in [6, 6.07) is 0. The van der Waals surface area contributed by atoms with E-state index >= 15 is 0 Å². The Hall–Kier alpha value is -0.120. The maximum absolute atomic E-state index is 6.20. The average molecular weight is 270 g/mol. The summed E-state index contributed by atoms with van der Waals surface area (Å²) in [6.45, 7) is 14.9. The van der Waals surface area contributed by atoms with Gasteiger partial charge in [-0.3, -0.25) is 4.90 Å².